The number of aliphatic hydroxyl groups is 1. The second kappa shape index (κ2) is 5.11. The highest BCUT2D eigenvalue weighted by atomic mass is 16.5. The van der Waals surface area contributed by atoms with Gasteiger partial charge in [0.25, 0.3) is 0 Å². The topological polar surface area (TPSA) is 63.6 Å². The van der Waals surface area contributed by atoms with E-state index >= 15 is 0 Å². The van der Waals surface area contributed by atoms with Gasteiger partial charge in [0.05, 0.1) is 7.11 Å². The van der Waals surface area contributed by atoms with E-state index in [4.69, 9.17) is 0 Å². The van der Waals surface area contributed by atoms with E-state index in [-0.39, 0.29) is 0 Å². The molecule has 0 spiro atoms. The van der Waals surface area contributed by atoms with Gasteiger partial charge in [0.15, 0.2) is 5.78 Å². The van der Waals surface area contributed by atoms with Crippen molar-refractivity contribution in [2.45, 2.75) is 6.92 Å². The monoisotopic (exact) mass is 220 g/mol. The number of ether oxygens (including phenoxy) is 1. The Morgan fingerprint density at radius 2 is 1.94 bits per heavy atom. The molecule has 1 N–H and O–H groups in total. The van der Waals surface area contributed by atoms with Gasteiger partial charge in [0.2, 0.25) is 5.76 Å². The molecule has 0 aliphatic carbocycles. The zero-order valence-electron chi connectivity index (χ0n) is 9.06. The summed E-state index contributed by atoms with van der Waals surface area (Å²) in [6, 6.07) is 6.91. The lowest BCUT2D eigenvalue weighted by atomic mass is 10.0. The van der Waals surface area contributed by atoms with Crippen LogP contribution in [-0.4, -0.2) is 24.0 Å². The molecule has 0 aliphatic heterocycles. The molecule has 0 fully saturated rings. The van der Waals surface area contributed by atoms with Gasteiger partial charge in [0, 0.05) is 11.6 Å². The number of ketones is 1. The molecule has 84 valence electrons. The van der Waals surface area contributed by atoms with Crippen molar-refractivity contribution in [3.8, 4) is 0 Å². The summed E-state index contributed by atoms with van der Waals surface area (Å²) in [6.45, 7) is 1.77. The summed E-state index contributed by atoms with van der Waals surface area (Å²) in [5, 5.41) is 9.21. The van der Waals surface area contributed by atoms with E-state index in [0.29, 0.717) is 5.56 Å². The number of hydrogen-bond donors (Lipinski definition) is 1. The number of allylic oxidation sites excluding steroid dienone is 1. The Balaban J connectivity index is 2.97. The Morgan fingerprint density at radius 1 is 1.31 bits per heavy atom. The first-order valence-corrected chi connectivity index (χ1v) is 4.65. The van der Waals surface area contributed by atoms with Crippen LogP contribution in [0.3, 0.4) is 0 Å². The molecule has 0 aromatic heterocycles. The molecule has 0 aliphatic rings. The molecule has 0 radical (unpaired) electrons. The number of esters is 1. The van der Waals surface area contributed by atoms with E-state index in [9.17, 15) is 14.7 Å². The van der Waals surface area contributed by atoms with E-state index in [2.05, 4.69) is 4.74 Å². The van der Waals surface area contributed by atoms with Crippen LogP contribution in [0.25, 0.3) is 0 Å². The van der Waals surface area contributed by atoms with Crippen LogP contribution < -0.4 is 0 Å². The Kier molecular flexibility index (Phi) is 3.83. The molecular weight excluding hydrogens is 208 g/mol. The maximum atomic E-state index is 11.7. The minimum Gasteiger partial charge on any atom is -0.502 e. The molecule has 0 unspecified atom stereocenters. The maximum Gasteiger partial charge on any atom is 0.373 e. The van der Waals surface area contributed by atoms with Gasteiger partial charge in [-0.3, -0.25) is 4.79 Å². The van der Waals surface area contributed by atoms with E-state index in [1.807, 2.05) is 0 Å². The molecule has 0 saturated heterocycles. The van der Waals surface area contributed by atoms with Gasteiger partial charge < -0.3 is 9.84 Å². The molecule has 16 heavy (non-hydrogen) atoms. The SMILES string of the molecule is COC(=O)/C(O)=C/C(=O)c1ccccc1C. The summed E-state index contributed by atoms with van der Waals surface area (Å²) < 4.78 is 4.27. The molecule has 1 rings (SSSR count). The summed E-state index contributed by atoms with van der Waals surface area (Å²) in [4.78, 5) is 22.5. The third-order valence-electron chi connectivity index (χ3n) is 2.07. The largest absolute Gasteiger partial charge is 0.502 e. The fraction of sp³-hybridized carbons (Fsp3) is 0.167. The zero-order valence-corrected chi connectivity index (χ0v) is 9.06. The van der Waals surface area contributed by atoms with E-state index in [1.54, 1.807) is 31.2 Å². The summed E-state index contributed by atoms with van der Waals surface area (Å²) in [5.41, 5.74) is 1.22. The average molecular weight is 220 g/mol. The Bertz CT molecular complexity index is 446. The predicted molar refractivity (Wildman–Crippen MR) is 58.2 cm³/mol. The lowest BCUT2D eigenvalue weighted by Gasteiger charge is -2.01. The quantitative estimate of drug-likeness (QED) is 0.365. The molecule has 1 aromatic rings. The van der Waals surface area contributed by atoms with Gasteiger partial charge in [-0.1, -0.05) is 24.3 Å². The summed E-state index contributed by atoms with van der Waals surface area (Å²) in [6.07, 6.45) is 0.855. The van der Waals surface area contributed by atoms with Crippen LogP contribution in [0, 0.1) is 6.92 Å². The van der Waals surface area contributed by atoms with Crippen LogP contribution in [0.4, 0.5) is 0 Å². The number of hydrogen-bond acceptors (Lipinski definition) is 4. The third-order valence-corrected chi connectivity index (χ3v) is 2.07. The van der Waals surface area contributed by atoms with Crippen LogP contribution in [0.15, 0.2) is 36.1 Å². The highest BCUT2D eigenvalue weighted by molar-refractivity contribution is 6.08. The van der Waals surface area contributed by atoms with Crippen LogP contribution in [0.2, 0.25) is 0 Å². The number of carbonyl (C=O) groups excluding carboxylic acids is 2. The van der Waals surface area contributed by atoms with Gasteiger partial charge >= 0.3 is 5.97 Å². The lowest BCUT2D eigenvalue weighted by Crippen LogP contribution is -2.07. The van der Waals surface area contributed by atoms with Crippen molar-refractivity contribution in [2.24, 2.45) is 0 Å². The third kappa shape index (κ3) is 2.70. The van der Waals surface area contributed by atoms with Crippen LogP contribution >= 0.6 is 0 Å². The van der Waals surface area contributed by atoms with Gasteiger partial charge in [-0.25, -0.2) is 4.79 Å². The lowest BCUT2D eigenvalue weighted by molar-refractivity contribution is -0.139. The second-order valence-electron chi connectivity index (χ2n) is 3.20. The molecule has 0 bridgehead atoms. The van der Waals surface area contributed by atoms with Crippen LogP contribution in [0.1, 0.15) is 15.9 Å². The fourth-order valence-electron chi connectivity index (χ4n) is 1.21. The van der Waals surface area contributed by atoms with Crippen molar-refractivity contribution in [3.63, 3.8) is 0 Å². The average Bonchev–Trinajstić information content (AvgIpc) is 2.28. The van der Waals surface area contributed by atoms with Crippen molar-refractivity contribution in [2.75, 3.05) is 7.11 Å². The standard InChI is InChI=1S/C12H12O4/c1-8-5-3-4-6-9(8)10(13)7-11(14)12(15)16-2/h3-7,14H,1-2H3/b11-7-. The molecular formula is C12H12O4. The van der Waals surface area contributed by atoms with E-state index in [0.717, 1.165) is 18.7 Å². The summed E-state index contributed by atoms with van der Waals surface area (Å²) >= 11 is 0. The Morgan fingerprint density at radius 3 is 2.50 bits per heavy atom. The van der Waals surface area contributed by atoms with Crippen LogP contribution in [0.5, 0.6) is 0 Å². The Hall–Kier alpha value is -2.10. The first-order chi connectivity index (χ1) is 7.56. The molecule has 4 heteroatoms. The first-order valence-electron chi connectivity index (χ1n) is 4.65. The predicted octanol–water partition coefficient (Wildman–Crippen LogP) is 1.79. The number of aliphatic hydroxyl groups excluding tert-OH is 1. The van der Waals surface area contributed by atoms with Crippen molar-refractivity contribution >= 4 is 11.8 Å². The van der Waals surface area contributed by atoms with Gasteiger partial charge in [-0.05, 0) is 12.5 Å². The van der Waals surface area contributed by atoms with E-state index < -0.39 is 17.5 Å². The van der Waals surface area contributed by atoms with Crippen LogP contribution in [-0.2, 0) is 9.53 Å². The smallest absolute Gasteiger partial charge is 0.373 e. The minimum absolute atomic E-state index is 0.430. The molecule has 0 heterocycles. The van der Waals surface area contributed by atoms with Gasteiger partial charge in [0.1, 0.15) is 0 Å². The number of methoxy groups -OCH3 is 1. The van der Waals surface area contributed by atoms with Gasteiger partial charge in [-0.2, -0.15) is 0 Å². The van der Waals surface area contributed by atoms with E-state index in [1.165, 1.54) is 0 Å². The molecule has 0 atom stereocenters. The normalized spacial score (nSPS) is 11.0. The first kappa shape index (κ1) is 12.0. The molecule has 4 nitrogen and oxygen atoms in total. The number of benzene rings is 1. The minimum atomic E-state index is -0.929. The second-order valence-corrected chi connectivity index (χ2v) is 3.20. The highest BCUT2D eigenvalue weighted by Crippen LogP contribution is 2.09. The van der Waals surface area contributed by atoms with Gasteiger partial charge in [-0.15, -0.1) is 0 Å². The maximum absolute atomic E-state index is 11.7. The molecule has 0 saturated carbocycles. The molecule has 0 amide bonds. The Labute approximate surface area is 93.2 Å². The fourth-order valence-corrected chi connectivity index (χ4v) is 1.21. The number of carbonyl (C=O) groups is 2. The number of rotatable bonds is 3. The van der Waals surface area contributed by atoms with Crippen molar-refractivity contribution in [3.05, 3.63) is 47.2 Å². The van der Waals surface area contributed by atoms with Crippen molar-refractivity contribution < 1.29 is 19.4 Å². The van der Waals surface area contributed by atoms with Crippen molar-refractivity contribution in [1.82, 2.24) is 0 Å². The number of aryl methyl sites for hydroxylation is 1. The zero-order chi connectivity index (χ0) is 12.1. The molecule has 1 aromatic carbocycles. The highest BCUT2D eigenvalue weighted by Gasteiger charge is 2.12. The summed E-state index contributed by atoms with van der Waals surface area (Å²) in [7, 11) is 1.13. The van der Waals surface area contributed by atoms with Crippen molar-refractivity contribution in [1.29, 1.82) is 0 Å². The summed E-state index contributed by atoms with van der Waals surface area (Å²) in [5.74, 6) is -2.06.